The van der Waals surface area contributed by atoms with Crippen LogP contribution in [0.15, 0.2) is 33.7 Å². The molecule has 1 atom stereocenters. The molecule has 0 aliphatic carbocycles. The molecule has 20 heavy (non-hydrogen) atoms. The highest BCUT2D eigenvalue weighted by Crippen LogP contribution is 2.15. The summed E-state index contributed by atoms with van der Waals surface area (Å²) in [6, 6.07) is 6.42. The first-order chi connectivity index (χ1) is 9.36. The number of sulfonamides is 1. The summed E-state index contributed by atoms with van der Waals surface area (Å²) in [5.74, 6) is 1.10. The highest BCUT2D eigenvalue weighted by atomic mass is 32.2. The second-order valence-electron chi connectivity index (χ2n) is 4.45. The quantitative estimate of drug-likeness (QED) is 0.847. The molecule has 0 saturated heterocycles. The van der Waals surface area contributed by atoms with E-state index in [1.165, 1.54) is 12.1 Å². The van der Waals surface area contributed by atoms with Gasteiger partial charge in [0.2, 0.25) is 15.9 Å². The fourth-order valence-corrected chi connectivity index (χ4v) is 2.23. The van der Waals surface area contributed by atoms with Crippen molar-refractivity contribution >= 4 is 10.0 Å². The lowest BCUT2D eigenvalue weighted by atomic mass is 10.1. The Balaban J connectivity index is 2.00. The molecule has 0 spiro atoms. The highest BCUT2D eigenvalue weighted by molar-refractivity contribution is 7.89. The summed E-state index contributed by atoms with van der Waals surface area (Å²) in [5.41, 5.74) is 0.939. The predicted octanol–water partition coefficient (Wildman–Crippen LogP) is 0.876. The zero-order chi connectivity index (χ0) is 14.8. The Labute approximate surface area is 117 Å². The largest absolute Gasteiger partial charge is 0.338 e. The van der Waals surface area contributed by atoms with Crippen LogP contribution in [-0.2, 0) is 16.6 Å². The first kappa shape index (κ1) is 14.6. The molecule has 3 N–H and O–H groups in total. The number of primary sulfonamides is 1. The molecule has 0 aliphatic heterocycles. The van der Waals surface area contributed by atoms with Gasteiger partial charge in [-0.3, -0.25) is 0 Å². The lowest BCUT2D eigenvalue weighted by Crippen LogP contribution is -2.18. The van der Waals surface area contributed by atoms with Gasteiger partial charge in [0.1, 0.15) is 0 Å². The van der Waals surface area contributed by atoms with Crippen molar-refractivity contribution in [1.29, 1.82) is 0 Å². The van der Waals surface area contributed by atoms with Crippen molar-refractivity contribution < 1.29 is 12.9 Å². The van der Waals surface area contributed by atoms with Gasteiger partial charge in [-0.15, -0.1) is 0 Å². The van der Waals surface area contributed by atoms with Crippen molar-refractivity contribution in [3.63, 3.8) is 0 Å². The molecule has 2 aromatic rings. The van der Waals surface area contributed by atoms with Crippen molar-refractivity contribution in [2.75, 3.05) is 0 Å². The van der Waals surface area contributed by atoms with Crippen LogP contribution in [0.1, 0.15) is 30.2 Å². The number of benzene rings is 1. The first-order valence-corrected chi connectivity index (χ1v) is 7.56. The van der Waals surface area contributed by atoms with E-state index in [1.54, 1.807) is 19.1 Å². The van der Waals surface area contributed by atoms with Gasteiger partial charge >= 0.3 is 0 Å². The maximum Gasteiger partial charge on any atom is 0.240 e. The van der Waals surface area contributed by atoms with E-state index in [1.807, 2.05) is 6.92 Å². The third-order valence-electron chi connectivity index (χ3n) is 2.84. The molecule has 0 bridgehead atoms. The van der Waals surface area contributed by atoms with Crippen LogP contribution in [0.2, 0.25) is 0 Å². The molecule has 0 radical (unpaired) electrons. The summed E-state index contributed by atoms with van der Waals surface area (Å²) in [4.78, 5) is 4.18. The van der Waals surface area contributed by atoms with Crippen LogP contribution in [0.5, 0.6) is 0 Å². The lowest BCUT2D eigenvalue weighted by molar-refractivity contribution is 0.357. The predicted molar refractivity (Wildman–Crippen MR) is 72.1 cm³/mol. The van der Waals surface area contributed by atoms with E-state index >= 15 is 0 Å². The second-order valence-corrected chi connectivity index (χ2v) is 6.01. The molecular weight excluding hydrogens is 280 g/mol. The van der Waals surface area contributed by atoms with Gasteiger partial charge in [0.05, 0.1) is 11.4 Å². The Morgan fingerprint density at radius 2 is 2.00 bits per heavy atom. The molecule has 1 unspecified atom stereocenters. The number of rotatable bonds is 5. The van der Waals surface area contributed by atoms with E-state index < -0.39 is 10.0 Å². The summed E-state index contributed by atoms with van der Waals surface area (Å²) in [6.45, 7) is 4.15. The minimum absolute atomic E-state index is 0.0109. The summed E-state index contributed by atoms with van der Waals surface area (Å²) in [7, 11) is -3.65. The molecule has 2 rings (SSSR count). The zero-order valence-electron chi connectivity index (χ0n) is 11.2. The second kappa shape index (κ2) is 5.70. The van der Waals surface area contributed by atoms with Crippen molar-refractivity contribution in [2.24, 2.45) is 5.14 Å². The lowest BCUT2D eigenvalue weighted by Gasteiger charge is -2.13. The van der Waals surface area contributed by atoms with E-state index in [-0.39, 0.29) is 10.9 Å². The molecule has 7 nitrogen and oxygen atoms in total. The van der Waals surface area contributed by atoms with Crippen LogP contribution >= 0.6 is 0 Å². The number of nitrogens with one attached hydrogen (secondary N) is 1. The molecule has 0 aliphatic rings. The Morgan fingerprint density at radius 1 is 1.35 bits per heavy atom. The molecule has 0 fully saturated rings. The van der Waals surface area contributed by atoms with Gasteiger partial charge in [0.25, 0.3) is 0 Å². The number of nitrogens with zero attached hydrogens (tertiary/aromatic N) is 2. The van der Waals surface area contributed by atoms with Gasteiger partial charge < -0.3 is 9.84 Å². The smallest absolute Gasteiger partial charge is 0.240 e. The molecule has 1 heterocycles. The Bertz CT molecular complexity index is 679. The van der Waals surface area contributed by atoms with Crippen LogP contribution < -0.4 is 10.5 Å². The molecule has 0 amide bonds. The van der Waals surface area contributed by atoms with Crippen molar-refractivity contribution in [3.05, 3.63) is 41.5 Å². The van der Waals surface area contributed by atoms with Crippen molar-refractivity contribution in [1.82, 2.24) is 15.5 Å². The van der Waals surface area contributed by atoms with Gasteiger partial charge in [-0.05, 0) is 31.5 Å². The van der Waals surface area contributed by atoms with Gasteiger partial charge in [-0.25, -0.2) is 13.6 Å². The van der Waals surface area contributed by atoms with Crippen LogP contribution in [-0.4, -0.2) is 18.6 Å². The topological polar surface area (TPSA) is 111 Å². The third-order valence-corrected chi connectivity index (χ3v) is 3.77. The van der Waals surface area contributed by atoms with Crippen molar-refractivity contribution in [3.8, 4) is 0 Å². The number of hydrogen-bond acceptors (Lipinski definition) is 6. The standard InChI is InChI=1S/C12H16N4O3S/c1-8(14-7-12-15-9(2)16-19-12)10-3-5-11(6-4-10)20(13,17)18/h3-6,8,14H,7H2,1-2H3,(H2,13,17,18). The van der Waals surface area contributed by atoms with Crippen LogP contribution in [0.25, 0.3) is 0 Å². The number of aromatic nitrogens is 2. The summed E-state index contributed by atoms with van der Waals surface area (Å²) in [6.07, 6.45) is 0. The minimum atomic E-state index is -3.65. The fraction of sp³-hybridized carbons (Fsp3) is 0.333. The summed E-state index contributed by atoms with van der Waals surface area (Å²) in [5, 5.41) is 12.0. The average Bonchev–Trinajstić information content (AvgIpc) is 2.81. The minimum Gasteiger partial charge on any atom is -0.338 e. The Hall–Kier alpha value is -1.77. The molecule has 1 aromatic heterocycles. The van der Waals surface area contributed by atoms with Crippen LogP contribution in [0, 0.1) is 6.92 Å². The number of nitrogens with two attached hydrogens (primary N) is 1. The SMILES string of the molecule is Cc1noc(CNC(C)c2ccc(S(N)(=O)=O)cc2)n1. The molecule has 108 valence electrons. The maximum atomic E-state index is 11.2. The van der Waals surface area contributed by atoms with Crippen molar-refractivity contribution in [2.45, 2.75) is 31.3 Å². The number of aryl methyl sites for hydroxylation is 1. The average molecular weight is 296 g/mol. The molecule has 1 aromatic carbocycles. The number of hydrogen-bond donors (Lipinski definition) is 2. The summed E-state index contributed by atoms with van der Waals surface area (Å²) < 4.78 is 27.3. The first-order valence-electron chi connectivity index (χ1n) is 6.01. The summed E-state index contributed by atoms with van der Waals surface area (Å²) >= 11 is 0. The molecule has 8 heteroatoms. The van der Waals surface area contributed by atoms with E-state index in [9.17, 15) is 8.42 Å². The van der Waals surface area contributed by atoms with Gasteiger partial charge in [0.15, 0.2) is 5.82 Å². The van der Waals surface area contributed by atoms with Crippen LogP contribution in [0.3, 0.4) is 0 Å². The van der Waals surface area contributed by atoms with Crippen LogP contribution in [0.4, 0.5) is 0 Å². The Kier molecular flexibility index (Phi) is 4.17. The van der Waals surface area contributed by atoms with Gasteiger partial charge in [-0.2, -0.15) is 4.98 Å². The van der Waals surface area contributed by atoms with E-state index in [0.29, 0.717) is 18.3 Å². The van der Waals surface area contributed by atoms with E-state index in [2.05, 4.69) is 15.5 Å². The monoisotopic (exact) mass is 296 g/mol. The highest BCUT2D eigenvalue weighted by Gasteiger charge is 2.11. The third kappa shape index (κ3) is 3.62. The Morgan fingerprint density at radius 3 is 2.50 bits per heavy atom. The zero-order valence-corrected chi connectivity index (χ0v) is 12.0. The maximum absolute atomic E-state index is 11.2. The van der Waals surface area contributed by atoms with Gasteiger partial charge in [0, 0.05) is 6.04 Å². The molecular formula is C12H16N4O3S. The fourth-order valence-electron chi connectivity index (χ4n) is 1.72. The van der Waals surface area contributed by atoms with Gasteiger partial charge in [-0.1, -0.05) is 17.3 Å². The normalized spacial score (nSPS) is 13.3. The van der Waals surface area contributed by atoms with E-state index in [0.717, 1.165) is 5.56 Å². The molecule has 0 saturated carbocycles. The van der Waals surface area contributed by atoms with E-state index in [4.69, 9.17) is 9.66 Å².